The van der Waals surface area contributed by atoms with Crippen LogP contribution in [0.1, 0.15) is 51.9 Å². The molecule has 2 heteroatoms. The molecule has 2 nitrogen and oxygen atoms in total. The molecule has 0 aromatic carbocycles. The van der Waals surface area contributed by atoms with E-state index in [1.54, 1.807) is 0 Å². The van der Waals surface area contributed by atoms with Gasteiger partial charge in [0.25, 0.3) is 0 Å². The highest BCUT2D eigenvalue weighted by molar-refractivity contribution is 4.79. The fourth-order valence-electron chi connectivity index (χ4n) is 2.84. The lowest BCUT2D eigenvalue weighted by atomic mass is 9.93. The second-order valence-corrected chi connectivity index (χ2v) is 5.18. The molecule has 2 rings (SSSR count). The number of nitrogens with one attached hydrogen (secondary N) is 1. The van der Waals surface area contributed by atoms with Crippen LogP contribution in [0.4, 0.5) is 0 Å². The second-order valence-electron chi connectivity index (χ2n) is 5.18. The summed E-state index contributed by atoms with van der Waals surface area (Å²) in [5, 5.41) is 3.67. The van der Waals surface area contributed by atoms with Gasteiger partial charge in [0, 0.05) is 25.2 Å². The highest BCUT2D eigenvalue weighted by atomic mass is 15.2. The lowest BCUT2D eigenvalue weighted by Gasteiger charge is -2.36. The molecule has 0 aromatic heterocycles. The third-order valence-corrected chi connectivity index (χ3v) is 4.16. The molecular weight excluding hydrogens is 184 g/mol. The number of likely N-dealkylation sites (tertiary alicyclic amines) is 1. The molecule has 1 aliphatic carbocycles. The van der Waals surface area contributed by atoms with Crippen molar-refractivity contribution in [2.75, 3.05) is 19.6 Å². The van der Waals surface area contributed by atoms with E-state index < -0.39 is 0 Å². The molecule has 0 spiro atoms. The molecule has 1 saturated heterocycles. The molecule has 1 N–H and O–H groups in total. The third-order valence-electron chi connectivity index (χ3n) is 4.16. The van der Waals surface area contributed by atoms with Crippen LogP contribution in [0.5, 0.6) is 0 Å². The number of hydrogen-bond donors (Lipinski definition) is 1. The predicted molar refractivity (Wildman–Crippen MR) is 65.1 cm³/mol. The van der Waals surface area contributed by atoms with E-state index in [2.05, 4.69) is 17.1 Å². The quantitative estimate of drug-likeness (QED) is 0.749. The van der Waals surface area contributed by atoms with Gasteiger partial charge in [-0.05, 0) is 38.6 Å². The normalized spacial score (nSPS) is 29.0. The molecular formula is C13H26N2. The maximum absolute atomic E-state index is 3.67. The zero-order valence-corrected chi connectivity index (χ0v) is 10.2. The largest absolute Gasteiger partial charge is 0.313 e. The summed E-state index contributed by atoms with van der Waals surface area (Å²) < 4.78 is 0. The van der Waals surface area contributed by atoms with Crippen LogP contribution in [0.25, 0.3) is 0 Å². The van der Waals surface area contributed by atoms with E-state index in [1.165, 1.54) is 64.6 Å². The van der Waals surface area contributed by atoms with Crippen LogP contribution in [0.2, 0.25) is 0 Å². The van der Waals surface area contributed by atoms with Crippen LogP contribution in [0.15, 0.2) is 0 Å². The van der Waals surface area contributed by atoms with Crippen LogP contribution in [0.3, 0.4) is 0 Å². The minimum absolute atomic E-state index is 0.856. The average molecular weight is 210 g/mol. The zero-order chi connectivity index (χ0) is 10.5. The van der Waals surface area contributed by atoms with Gasteiger partial charge in [-0.2, -0.15) is 0 Å². The van der Waals surface area contributed by atoms with Gasteiger partial charge in [0.2, 0.25) is 0 Å². The van der Waals surface area contributed by atoms with Gasteiger partial charge in [0.15, 0.2) is 0 Å². The summed E-state index contributed by atoms with van der Waals surface area (Å²) in [6, 6.07) is 1.73. The van der Waals surface area contributed by atoms with Gasteiger partial charge in [-0.1, -0.05) is 19.8 Å². The van der Waals surface area contributed by atoms with E-state index in [4.69, 9.17) is 0 Å². The number of nitrogens with zero attached hydrogens (tertiary/aromatic N) is 1. The highest BCUT2D eigenvalue weighted by Gasteiger charge is 2.21. The van der Waals surface area contributed by atoms with E-state index in [1.807, 2.05) is 0 Å². The van der Waals surface area contributed by atoms with Gasteiger partial charge in [0.1, 0.15) is 0 Å². The van der Waals surface area contributed by atoms with E-state index >= 15 is 0 Å². The third kappa shape index (κ3) is 3.18. The standard InChI is InChI=1S/C13H26N2/c1-2-13-8-3-4-10-15(13)11-9-14-12-6-5-7-12/h12-14H,2-11H2,1H3. The Morgan fingerprint density at radius 1 is 1.13 bits per heavy atom. The molecule has 1 heterocycles. The number of hydrogen-bond acceptors (Lipinski definition) is 2. The van der Waals surface area contributed by atoms with E-state index in [-0.39, 0.29) is 0 Å². The van der Waals surface area contributed by atoms with E-state index in [0.29, 0.717) is 0 Å². The Morgan fingerprint density at radius 2 is 2.00 bits per heavy atom. The van der Waals surface area contributed by atoms with Gasteiger partial charge in [-0.25, -0.2) is 0 Å². The van der Waals surface area contributed by atoms with Gasteiger partial charge in [-0.3, -0.25) is 4.90 Å². The maximum Gasteiger partial charge on any atom is 0.0110 e. The molecule has 2 fully saturated rings. The number of piperidine rings is 1. The minimum Gasteiger partial charge on any atom is -0.313 e. The summed E-state index contributed by atoms with van der Waals surface area (Å²) in [7, 11) is 0. The van der Waals surface area contributed by atoms with Crippen molar-refractivity contribution in [2.45, 2.75) is 64.0 Å². The smallest absolute Gasteiger partial charge is 0.0110 e. The van der Waals surface area contributed by atoms with Crippen molar-refractivity contribution in [1.29, 1.82) is 0 Å². The topological polar surface area (TPSA) is 15.3 Å². The number of rotatable bonds is 5. The molecule has 0 aromatic rings. The molecule has 1 unspecified atom stereocenters. The van der Waals surface area contributed by atoms with Crippen molar-refractivity contribution < 1.29 is 0 Å². The molecule has 2 aliphatic rings. The average Bonchev–Trinajstić information content (AvgIpc) is 2.22. The van der Waals surface area contributed by atoms with Crippen molar-refractivity contribution in [3.05, 3.63) is 0 Å². The van der Waals surface area contributed by atoms with Gasteiger partial charge in [-0.15, -0.1) is 0 Å². The van der Waals surface area contributed by atoms with Crippen LogP contribution in [0, 0.1) is 0 Å². The Hall–Kier alpha value is -0.0800. The summed E-state index contributed by atoms with van der Waals surface area (Å²) in [5.41, 5.74) is 0. The molecule has 0 radical (unpaired) electrons. The van der Waals surface area contributed by atoms with Crippen molar-refractivity contribution in [3.63, 3.8) is 0 Å². The zero-order valence-electron chi connectivity index (χ0n) is 10.2. The highest BCUT2D eigenvalue weighted by Crippen LogP contribution is 2.20. The van der Waals surface area contributed by atoms with Gasteiger partial charge >= 0.3 is 0 Å². The van der Waals surface area contributed by atoms with Gasteiger partial charge in [0.05, 0.1) is 0 Å². The Balaban J connectivity index is 1.62. The van der Waals surface area contributed by atoms with Crippen molar-refractivity contribution >= 4 is 0 Å². The fourth-order valence-corrected chi connectivity index (χ4v) is 2.84. The van der Waals surface area contributed by atoms with Gasteiger partial charge < -0.3 is 5.32 Å². The molecule has 0 bridgehead atoms. The molecule has 88 valence electrons. The minimum atomic E-state index is 0.856. The predicted octanol–water partition coefficient (Wildman–Crippen LogP) is 2.39. The van der Waals surface area contributed by atoms with E-state index in [0.717, 1.165) is 12.1 Å². The maximum atomic E-state index is 3.67. The lowest BCUT2D eigenvalue weighted by molar-refractivity contribution is 0.141. The Labute approximate surface area is 94.4 Å². The molecule has 1 saturated carbocycles. The summed E-state index contributed by atoms with van der Waals surface area (Å²) >= 11 is 0. The summed E-state index contributed by atoms with van der Waals surface area (Å²) in [6.45, 7) is 6.16. The monoisotopic (exact) mass is 210 g/mol. The molecule has 15 heavy (non-hydrogen) atoms. The lowest BCUT2D eigenvalue weighted by Crippen LogP contribution is -2.45. The van der Waals surface area contributed by atoms with Crippen LogP contribution < -0.4 is 5.32 Å². The SMILES string of the molecule is CCC1CCCCN1CCNC1CCC1. The fraction of sp³-hybridized carbons (Fsp3) is 1.00. The summed E-state index contributed by atoms with van der Waals surface area (Å²) in [5.74, 6) is 0. The van der Waals surface area contributed by atoms with Crippen LogP contribution >= 0.6 is 0 Å². The summed E-state index contributed by atoms with van der Waals surface area (Å²) in [6.07, 6.45) is 9.90. The van der Waals surface area contributed by atoms with Crippen LogP contribution in [-0.2, 0) is 0 Å². The van der Waals surface area contributed by atoms with Crippen LogP contribution in [-0.4, -0.2) is 36.6 Å². The Bertz CT molecular complexity index is 177. The van der Waals surface area contributed by atoms with E-state index in [9.17, 15) is 0 Å². The first-order valence-corrected chi connectivity index (χ1v) is 6.87. The first-order chi connectivity index (χ1) is 7.40. The first kappa shape index (κ1) is 11.4. The molecule has 0 amide bonds. The van der Waals surface area contributed by atoms with Crippen molar-refractivity contribution in [2.24, 2.45) is 0 Å². The Kier molecular flexibility index (Phi) is 4.45. The molecule has 1 atom stereocenters. The Morgan fingerprint density at radius 3 is 2.67 bits per heavy atom. The summed E-state index contributed by atoms with van der Waals surface area (Å²) in [4.78, 5) is 2.70. The van der Waals surface area contributed by atoms with Crippen molar-refractivity contribution in [1.82, 2.24) is 10.2 Å². The van der Waals surface area contributed by atoms with Crippen molar-refractivity contribution in [3.8, 4) is 0 Å². The molecule has 1 aliphatic heterocycles. The first-order valence-electron chi connectivity index (χ1n) is 6.87. The second kappa shape index (κ2) is 5.86.